The summed E-state index contributed by atoms with van der Waals surface area (Å²) in [7, 11) is 1.52. The van der Waals surface area contributed by atoms with Crippen molar-refractivity contribution in [1.82, 2.24) is 35.5 Å². The Labute approximate surface area is 212 Å². The summed E-state index contributed by atoms with van der Waals surface area (Å²) in [5.41, 5.74) is 7.40. The van der Waals surface area contributed by atoms with Crippen LogP contribution in [0.2, 0.25) is 0 Å². The smallest absolute Gasteiger partial charge is 0.127 e. The van der Waals surface area contributed by atoms with Gasteiger partial charge in [-0.2, -0.15) is 5.10 Å². The molecule has 0 unspecified atom stereocenters. The van der Waals surface area contributed by atoms with Gasteiger partial charge < -0.3 is 15.0 Å². The van der Waals surface area contributed by atoms with Crippen LogP contribution in [0, 0.1) is 5.82 Å². The van der Waals surface area contributed by atoms with Gasteiger partial charge in [0.2, 0.25) is 0 Å². The number of rotatable bonds is 7. The molecule has 9 heteroatoms. The second-order valence-electron chi connectivity index (χ2n) is 8.73. The van der Waals surface area contributed by atoms with Crippen LogP contribution < -0.4 is 10.1 Å². The third-order valence-electron chi connectivity index (χ3n) is 6.30. The normalized spacial score (nSPS) is 11.4. The van der Waals surface area contributed by atoms with Crippen LogP contribution in [0.15, 0.2) is 67.3 Å². The summed E-state index contributed by atoms with van der Waals surface area (Å²) in [6.07, 6.45) is 7.16. The van der Waals surface area contributed by atoms with Crippen molar-refractivity contribution in [1.29, 1.82) is 0 Å². The summed E-state index contributed by atoms with van der Waals surface area (Å²) in [6, 6.07) is 12.6. The van der Waals surface area contributed by atoms with Crippen LogP contribution in [0.25, 0.3) is 55.7 Å². The molecule has 0 aliphatic carbocycles. The van der Waals surface area contributed by atoms with E-state index in [2.05, 4.69) is 48.4 Å². The molecule has 5 heterocycles. The van der Waals surface area contributed by atoms with Crippen molar-refractivity contribution >= 4 is 21.8 Å². The molecule has 0 fully saturated rings. The van der Waals surface area contributed by atoms with Crippen LogP contribution in [0.5, 0.6) is 5.75 Å². The number of hydrogen-bond acceptors (Lipinski definition) is 6. The molecule has 0 atom stereocenters. The predicted molar refractivity (Wildman–Crippen MR) is 142 cm³/mol. The number of pyridine rings is 3. The molecule has 5 aromatic heterocycles. The summed E-state index contributed by atoms with van der Waals surface area (Å²) in [5.74, 6) is 0.0539. The van der Waals surface area contributed by atoms with E-state index in [0.717, 1.165) is 63.1 Å². The molecule has 1 aromatic carbocycles. The van der Waals surface area contributed by atoms with E-state index in [4.69, 9.17) is 4.74 Å². The number of aromatic amines is 2. The number of fused-ring (bicyclic) bond motifs is 2. The SMILES string of the molecule is CCNCc1cncc(-c2cc3c(-c4cc5c(-c6cc(F)cc(OC)c6)nccc5[nH]4)n[nH]c3cn2)c1. The molecular formula is C28H24FN7O. The lowest BCUT2D eigenvalue weighted by Crippen LogP contribution is -2.11. The Bertz CT molecular complexity index is 1740. The minimum atomic E-state index is -0.383. The molecule has 184 valence electrons. The lowest BCUT2D eigenvalue weighted by atomic mass is 10.1. The lowest BCUT2D eigenvalue weighted by Gasteiger charge is -2.06. The first-order valence-electron chi connectivity index (χ1n) is 11.9. The number of aromatic nitrogens is 6. The van der Waals surface area contributed by atoms with Gasteiger partial charge in [-0.25, -0.2) is 4.39 Å². The maximum absolute atomic E-state index is 14.2. The molecule has 37 heavy (non-hydrogen) atoms. The van der Waals surface area contributed by atoms with Gasteiger partial charge in [-0.1, -0.05) is 6.92 Å². The van der Waals surface area contributed by atoms with E-state index in [-0.39, 0.29) is 5.82 Å². The fourth-order valence-corrected chi connectivity index (χ4v) is 4.50. The summed E-state index contributed by atoms with van der Waals surface area (Å²) >= 11 is 0. The number of ether oxygens (including phenoxy) is 1. The molecule has 3 N–H and O–H groups in total. The standard InChI is InChI=1S/C28H24FN7O/c1-3-30-12-16-6-18(14-31-13-16)24-10-22-26(15-33-24)35-36-28(22)25-11-21-23(34-25)4-5-32-27(21)17-7-19(29)9-20(8-17)37-2/h4-11,13-15,30,34H,3,12H2,1-2H3,(H,35,36). The Morgan fingerprint density at radius 3 is 2.68 bits per heavy atom. The molecule has 6 rings (SSSR count). The van der Waals surface area contributed by atoms with Crippen molar-refractivity contribution < 1.29 is 9.13 Å². The van der Waals surface area contributed by atoms with Gasteiger partial charge in [0.15, 0.2) is 0 Å². The fourth-order valence-electron chi connectivity index (χ4n) is 4.50. The number of benzene rings is 1. The molecule has 0 spiro atoms. The molecule has 0 saturated carbocycles. The maximum atomic E-state index is 14.2. The summed E-state index contributed by atoms with van der Waals surface area (Å²) in [4.78, 5) is 17.0. The number of hydrogen-bond donors (Lipinski definition) is 3. The van der Waals surface area contributed by atoms with Crippen LogP contribution in [0.3, 0.4) is 0 Å². The minimum absolute atomic E-state index is 0.383. The Morgan fingerprint density at radius 2 is 1.81 bits per heavy atom. The van der Waals surface area contributed by atoms with E-state index >= 15 is 0 Å². The molecule has 6 aromatic rings. The summed E-state index contributed by atoms with van der Waals surface area (Å²) in [6.45, 7) is 3.71. The van der Waals surface area contributed by atoms with Crippen molar-refractivity contribution in [3.05, 3.63) is 78.6 Å². The molecule has 0 radical (unpaired) electrons. The highest BCUT2D eigenvalue weighted by Gasteiger charge is 2.16. The number of H-pyrrole nitrogens is 2. The first-order valence-corrected chi connectivity index (χ1v) is 11.9. The van der Waals surface area contributed by atoms with E-state index in [0.29, 0.717) is 17.0 Å². The van der Waals surface area contributed by atoms with Gasteiger partial charge in [0.25, 0.3) is 0 Å². The zero-order chi connectivity index (χ0) is 25.4. The van der Waals surface area contributed by atoms with E-state index < -0.39 is 0 Å². The first kappa shape index (κ1) is 22.8. The van der Waals surface area contributed by atoms with Gasteiger partial charge >= 0.3 is 0 Å². The molecule has 0 saturated heterocycles. The topological polar surface area (TPSA) is 104 Å². The van der Waals surface area contributed by atoms with E-state index in [9.17, 15) is 4.39 Å². The number of nitrogens with one attached hydrogen (secondary N) is 3. The van der Waals surface area contributed by atoms with Crippen LogP contribution in [0.4, 0.5) is 4.39 Å². The Kier molecular flexibility index (Phi) is 5.82. The number of nitrogens with zero attached hydrogens (tertiary/aromatic N) is 4. The Balaban J connectivity index is 1.43. The van der Waals surface area contributed by atoms with Crippen LogP contribution in [-0.2, 0) is 6.54 Å². The monoisotopic (exact) mass is 493 g/mol. The lowest BCUT2D eigenvalue weighted by molar-refractivity contribution is 0.411. The first-order chi connectivity index (χ1) is 18.1. The zero-order valence-electron chi connectivity index (χ0n) is 20.3. The highest BCUT2D eigenvalue weighted by Crippen LogP contribution is 2.35. The second-order valence-corrected chi connectivity index (χ2v) is 8.73. The van der Waals surface area contributed by atoms with Crippen molar-refractivity contribution in [3.8, 4) is 39.7 Å². The summed E-state index contributed by atoms with van der Waals surface area (Å²) < 4.78 is 19.5. The van der Waals surface area contributed by atoms with Gasteiger partial charge in [-0.15, -0.1) is 0 Å². The minimum Gasteiger partial charge on any atom is -0.497 e. The van der Waals surface area contributed by atoms with Crippen molar-refractivity contribution in [2.45, 2.75) is 13.5 Å². The molecule has 0 amide bonds. The molecule has 0 aliphatic rings. The maximum Gasteiger partial charge on any atom is 0.127 e. The Morgan fingerprint density at radius 1 is 0.919 bits per heavy atom. The highest BCUT2D eigenvalue weighted by molar-refractivity contribution is 6.00. The number of methoxy groups -OCH3 is 1. The average molecular weight is 494 g/mol. The summed E-state index contributed by atoms with van der Waals surface area (Å²) in [5, 5.41) is 12.8. The highest BCUT2D eigenvalue weighted by atomic mass is 19.1. The fraction of sp³-hybridized carbons (Fsp3) is 0.143. The van der Waals surface area contributed by atoms with Gasteiger partial charge in [0.1, 0.15) is 17.3 Å². The van der Waals surface area contributed by atoms with E-state index in [1.165, 1.54) is 19.2 Å². The van der Waals surface area contributed by atoms with Gasteiger partial charge in [-0.05, 0) is 48.5 Å². The van der Waals surface area contributed by atoms with Gasteiger partial charge in [0.05, 0.1) is 35.9 Å². The molecule has 8 nitrogen and oxygen atoms in total. The average Bonchev–Trinajstić information content (AvgIpc) is 3.55. The van der Waals surface area contributed by atoms with Crippen molar-refractivity contribution in [3.63, 3.8) is 0 Å². The predicted octanol–water partition coefficient (Wildman–Crippen LogP) is 5.49. The van der Waals surface area contributed by atoms with Crippen molar-refractivity contribution in [2.24, 2.45) is 0 Å². The molecule has 0 bridgehead atoms. The van der Waals surface area contributed by atoms with E-state index in [1.807, 2.05) is 30.6 Å². The van der Waals surface area contributed by atoms with Gasteiger partial charge in [0, 0.05) is 58.6 Å². The molecular weight excluding hydrogens is 469 g/mol. The quantitative estimate of drug-likeness (QED) is 0.272. The third kappa shape index (κ3) is 4.30. The zero-order valence-corrected chi connectivity index (χ0v) is 20.3. The van der Waals surface area contributed by atoms with Gasteiger partial charge in [-0.3, -0.25) is 20.1 Å². The van der Waals surface area contributed by atoms with Crippen LogP contribution >= 0.6 is 0 Å². The largest absolute Gasteiger partial charge is 0.497 e. The Hall–Kier alpha value is -4.63. The molecule has 0 aliphatic heterocycles. The van der Waals surface area contributed by atoms with Crippen LogP contribution in [0.1, 0.15) is 12.5 Å². The third-order valence-corrected chi connectivity index (χ3v) is 6.30. The number of halogens is 1. The van der Waals surface area contributed by atoms with Crippen molar-refractivity contribution in [2.75, 3.05) is 13.7 Å². The van der Waals surface area contributed by atoms with Crippen LogP contribution in [-0.4, -0.2) is 43.8 Å². The van der Waals surface area contributed by atoms with E-state index in [1.54, 1.807) is 18.5 Å². The second kappa shape index (κ2) is 9.44.